The van der Waals surface area contributed by atoms with Crippen molar-refractivity contribution in [2.24, 2.45) is 0 Å². The molecule has 0 atom stereocenters. The topological polar surface area (TPSA) is 69.4 Å². The normalized spacial score (nSPS) is 10.9. The zero-order chi connectivity index (χ0) is 22.1. The predicted octanol–water partition coefficient (Wildman–Crippen LogP) is 6.18. The van der Waals surface area contributed by atoms with E-state index in [9.17, 15) is 9.59 Å². The Bertz CT molecular complexity index is 1480. The number of fused-ring (bicyclic) bond motifs is 1. The average Bonchev–Trinajstić information content (AvgIpc) is 3.29. The maximum absolute atomic E-state index is 12.6. The quantitative estimate of drug-likeness (QED) is 0.190. The molecule has 0 fully saturated rings. The monoisotopic (exact) mass is 439 g/mol. The number of hydrogen-bond donors (Lipinski definition) is 0. The van der Waals surface area contributed by atoms with Crippen molar-refractivity contribution in [2.45, 2.75) is 6.92 Å². The Morgan fingerprint density at radius 2 is 1.62 bits per heavy atom. The lowest BCUT2D eigenvalue weighted by molar-refractivity contribution is -0.131. The Kier molecular flexibility index (Phi) is 5.13. The molecular weight excluding hydrogens is 422 g/mol. The molecule has 32 heavy (non-hydrogen) atoms. The molecule has 0 saturated heterocycles. The number of carbonyl (C=O) groups is 1. The molecule has 0 unspecified atom stereocenters. The van der Waals surface area contributed by atoms with Crippen LogP contribution in [0.3, 0.4) is 0 Å². The first-order valence-corrected chi connectivity index (χ1v) is 10.8. The smallest absolute Gasteiger partial charge is 0.346 e. The van der Waals surface area contributed by atoms with E-state index in [1.54, 1.807) is 18.2 Å². The minimum Gasteiger partial charge on any atom is -0.427 e. The Morgan fingerprint density at radius 1 is 0.906 bits per heavy atom. The van der Waals surface area contributed by atoms with Crippen LogP contribution in [0, 0.1) is 0 Å². The SMILES string of the molecule is CC(=O)Oc1ccc2cc(-c3nc(-c4ccc(-c5ccccc5)cc4)cs3)c(=O)oc2c1. The molecule has 0 radical (unpaired) electrons. The average molecular weight is 439 g/mol. The summed E-state index contributed by atoms with van der Waals surface area (Å²) in [4.78, 5) is 28.4. The lowest BCUT2D eigenvalue weighted by Gasteiger charge is -2.04. The first-order valence-electron chi connectivity index (χ1n) is 9.95. The second kappa shape index (κ2) is 8.24. The summed E-state index contributed by atoms with van der Waals surface area (Å²) >= 11 is 1.39. The van der Waals surface area contributed by atoms with Gasteiger partial charge in [-0.2, -0.15) is 0 Å². The van der Waals surface area contributed by atoms with Gasteiger partial charge in [-0.1, -0.05) is 54.6 Å². The summed E-state index contributed by atoms with van der Waals surface area (Å²) in [5, 5.41) is 3.24. The van der Waals surface area contributed by atoms with E-state index in [-0.39, 0.29) is 0 Å². The van der Waals surface area contributed by atoms with Gasteiger partial charge in [0.2, 0.25) is 0 Å². The van der Waals surface area contributed by atoms with Crippen molar-refractivity contribution in [3.63, 3.8) is 0 Å². The molecule has 0 bridgehead atoms. The molecule has 0 aliphatic carbocycles. The molecule has 2 aromatic heterocycles. The molecule has 2 heterocycles. The fraction of sp³-hybridized carbons (Fsp3) is 0.0385. The molecular formula is C26H17NO4S. The van der Waals surface area contributed by atoms with Gasteiger partial charge in [-0.05, 0) is 29.3 Å². The molecule has 6 heteroatoms. The molecule has 0 amide bonds. The Hall–Kier alpha value is -4.03. The van der Waals surface area contributed by atoms with Gasteiger partial charge in [0.05, 0.1) is 11.3 Å². The van der Waals surface area contributed by atoms with Crippen LogP contribution in [-0.4, -0.2) is 11.0 Å². The van der Waals surface area contributed by atoms with Crippen LogP contribution in [0.4, 0.5) is 0 Å². The molecule has 3 aromatic carbocycles. The van der Waals surface area contributed by atoms with Crippen LogP contribution in [-0.2, 0) is 4.79 Å². The van der Waals surface area contributed by atoms with E-state index < -0.39 is 11.6 Å². The van der Waals surface area contributed by atoms with Crippen LogP contribution in [0.15, 0.2) is 93.5 Å². The van der Waals surface area contributed by atoms with E-state index in [1.165, 1.54) is 24.3 Å². The van der Waals surface area contributed by atoms with Crippen molar-refractivity contribution in [2.75, 3.05) is 0 Å². The number of esters is 1. The summed E-state index contributed by atoms with van der Waals surface area (Å²) in [7, 11) is 0. The number of carbonyl (C=O) groups excluding carboxylic acids is 1. The van der Waals surface area contributed by atoms with E-state index in [0.29, 0.717) is 21.9 Å². The van der Waals surface area contributed by atoms with E-state index in [4.69, 9.17) is 9.15 Å². The zero-order valence-electron chi connectivity index (χ0n) is 17.1. The summed E-state index contributed by atoms with van der Waals surface area (Å²) in [5.74, 6) is -0.105. The highest BCUT2D eigenvalue weighted by Crippen LogP contribution is 2.31. The van der Waals surface area contributed by atoms with Gasteiger partial charge in [0, 0.05) is 29.3 Å². The third kappa shape index (κ3) is 3.96. The summed E-state index contributed by atoms with van der Waals surface area (Å²) in [6, 6.07) is 25.1. The minimum atomic E-state index is -0.488. The van der Waals surface area contributed by atoms with Crippen molar-refractivity contribution in [1.82, 2.24) is 4.98 Å². The molecule has 5 rings (SSSR count). The molecule has 5 aromatic rings. The van der Waals surface area contributed by atoms with E-state index in [1.807, 2.05) is 35.7 Å². The second-order valence-corrected chi connectivity index (χ2v) is 8.08. The third-order valence-corrected chi connectivity index (χ3v) is 5.87. The number of aromatic nitrogens is 1. The van der Waals surface area contributed by atoms with Crippen LogP contribution in [0.25, 0.3) is 43.9 Å². The molecule has 5 nitrogen and oxygen atoms in total. The van der Waals surface area contributed by atoms with Crippen molar-refractivity contribution in [3.8, 4) is 38.7 Å². The Labute approximate surface area is 187 Å². The van der Waals surface area contributed by atoms with Crippen molar-refractivity contribution >= 4 is 28.3 Å². The van der Waals surface area contributed by atoms with Crippen molar-refractivity contribution in [3.05, 3.63) is 94.7 Å². The molecule has 0 aliphatic heterocycles. The molecule has 0 N–H and O–H groups in total. The van der Waals surface area contributed by atoms with Crippen LogP contribution < -0.4 is 10.4 Å². The van der Waals surface area contributed by atoms with Gasteiger partial charge in [-0.15, -0.1) is 11.3 Å². The van der Waals surface area contributed by atoms with Crippen LogP contribution >= 0.6 is 11.3 Å². The van der Waals surface area contributed by atoms with E-state index in [2.05, 4.69) is 29.2 Å². The van der Waals surface area contributed by atoms with Gasteiger partial charge in [-0.25, -0.2) is 9.78 Å². The molecule has 156 valence electrons. The van der Waals surface area contributed by atoms with Crippen LogP contribution in [0.2, 0.25) is 0 Å². The van der Waals surface area contributed by atoms with Crippen molar-refractivity contribution in [1.29, 1.82) is 0 Å². The highest BCUT2D eigenvalue weighted by molar-refractivity contribution is 7.13. The molecule has 0 spiro atoms. The van der Waals surface area contributed by atoms with E-state index in [0.717, 1.165) is 27.8 Å². The van der Waals surface area contributed by atoms with Gasteiger partial charge >= 0.3 is 11.6 Å². The first-order chi connectivity index (χ1) is 15.6. The highest BCUT2D eigenvalue weighted by Gasteiger charge is 2.14. The van der Waals surface area contributed by atoms with Crippen LogP contribution in [0.1, 0.15) is 6.92 Å². The number of ether oxygens (including phenoxy) is 1. The molecule has 0 saturated carbocycles. The van der Waals surface area contributed by atoms with Gasteiger partial charge < -0.3 is 9.15 Å². The van der Waals surface area contributed by atoms with E-state index >= 15 is 0 Å². The minimum absolute atomic E-state index is 0.330. The van der Waals surface area contributed by atoms with Crippen molar-refractivity contribution < 1.29 is 13.9 Å². The largest absolute Gasteiger partial charge is 0.427 e. The Balaban J connectivity index is 1.45. The fourth-order valence-corrected chi connectivity index (χ4v) is 4.30. The number of hydrogen-bond acceptors (Lipinski definition) is 6. The predicted molar refractivity (Wildman–Crippen MR) is 126 cm³/mol. The second-order valence-electron chi connectivity index (χ2n) is 7.22. The number of thiazole rings is 1. The lowest BCUT2D eigenvalue weighted by atomic mass is 10.0. The third-order valence-electron chi connectivity index (χ3n) is 4.99. The zero-order valence-corrected chi connectivity index (χ0v) is 17.9. The maximum atomic E-state index is 12.6. The summed E-state index contributed by atoms with van der Waals surface area (Å²) in [6.45, 7) is 1.32. The van der Waals surface area contributed by atoms with Crippen LogP contribution in [0.5, 0.6) is 5.75 Å². The van der Waals surface area contributed by atoms with Gasteiger partial charge in [-0.3, -0.25) is 4.79 Å². The summed E-state index contributed by atoms with van der Waals surface area (Å²) in [5.41, 5.74) is 4.33. The molecule has 0 aliphatic rings. The van der Waals surface area contributed by atoms with Gasteiger partial charge in [0.25, 0.3) is 0 Å². The fourth-order valence-electron chi connectivity index (χ4n) is 3.46. The Morgan fingerprint density at radius 3 is 2.38 bits per heavy atom. The highest BCUT2D eigenvalue weighted by atomic mass is 32.1. The first kappa shape index (κ1) is 19.9. The lowest BCUT2D eigenvalue weighted by Crippen LogP contribution is -2.04. The summed E-state index contributed by atoms with van der Waals surface area (Å²) in [6.07, 6.45) is 0. The number of nitrogens with zero attached hydrogens (tertiary/aromatic N) is 1. The maximum Gasteiger partial charge on any atom is 0.346 e. The standard InChI is InChI=1S/C26H17NO4S/c1-16(28)30-21-12-11-20-13-22(26(29)31-24(20)14-21)25-27-23(15-32-25)19-9-7-18(8-10-19)17-5-3-2-4-6-17/h2-15H,1H3. The number of benzene rings is 3. The van der Waals surface area contributed by atoms with Gasteiger partial charge in [0.1, 0.15) is 16.3 Å². The van der Waals surface area contributed by atoms with Gasteiger partial charge in [0.15, 0.2) is 0 Å². The number of rotatable bonds is 4. The summed E-state index contributed by atoms with van der Waals surface area (Å²) < 4.78 is 10.5.